The van der Waals surface area contributed by atoms with Gasteiger partial charge in [-0.15, -0.1) is 0 Å². The van der Waals surface area contributed by atoms with Gasteiger partial charge in [-0.25, -0.2) is 9.97 Å². The van der Waals surface area contributed by atoms with Crippen molar-refractivity contribution < 1.29 is 4.79 Å². The lowest BCUT2D eigenvalue weighted by molar-refractivity contribution is -0.119. The summed E-state index contributed by atoms with van der Waals surface area (Å²) in [4.78, 5) is 21.0. The van der Waals surface area contributed by atoms with Gasteiger partial charge in [-0.1, -0.05) is 49.9 Å². The molecule has 1 saturated heterocycles. The number of amides is 1. The SMILES string of the molecule is C.O=C(Nc1cccc(-c2cncnc2)c1)C1CNCC1c1ccccc1. The molecular weight excluding hydrogens is 336 g/mol. The summed E-state index contributed by atoms with van der Waals surface area (Å²) in [5, 5.41) is 6.42. The zero-order chi connectivity index (χ0) is 17.8. The highest BCUT2D eigenvalue weighted by molar-refractivity contribution is 5.94. The number of hydrogen-bond acceptors (Lipinski definition) is 4. The fourth-order valence-corrected chi connectivity index (χ4v) is 3.46. The van der Waals surface area contributed by atoms with Gasteiger partial charge in [0.25, 0.3) is 0 Å². The van der Waals surface area contributed by atoms with Crippen LogP contribution in [0.15, 0.2) is 73.3 Å². The molecule has 1 aromatic heterocycles. The van der Waals surface area contributed by atoms with Crippen molar-refractivity contribution in [1.82, 2.24) is 15.3 Å². The molecule has 0 saturated carbocycles. The molecule has 5 heteroatoms. The van der Waals surface area contributed by atoms with E-state index in [-0.39, 0.29) is 25.2 Å². The van der Waals surface area contributed by atoms with Crippen molar-refractivity contribution in [3.05, 3.63) is 78.9 Å². The van der Waals surface area contributed by atoms with Gasteiger partial charge in [0.2, 0.25) is 5.91 Å². The molecule has 1 amide bonds. The van der Waals surface area contributed by atoms with Gasteiger partial charge in [0.15, 0.2) is 0 Å². The topological polar surface area (TPSA) is 66.9 Å². The van der Waals surface area contributed by atoms with E-state index in [1.165, 1.54) is 11.9 Å². The molecule has 1 fully saturated rings. The highest BCUT2D eigenvalue weighted by atomic mass is 16.1. The molecule has 0 bridgehead atoms. The second kappa shape index (κ2) is 8.56. The van der Waals surface area contributed by atoms with Crippen molar-refractivity contribution in [3.8, 4) is 11.1 Å². The number of benzene rings is 2. The number of hydrogen-bond donors (Lipinski definition) is 2. The molecule has 2 heterocycles. The van der Waals surface area contributed by atoms with Crippen LogP contribution in [-0.2, 0) is 4.79 Å². The highest BCUT2D eigenvalue weighted by Crippen LogP contribution is 2.29. The number of rotatable bonds is 4. The van der Waals surface area contributed by atoms with E-state index in [1.54, 1.807) is 12.4 Å². The first-order chi connectivity index (χ1) is 12.8. The summed E-state index contributed by atoms with van der Waals surface area (Å²) in [6, 6.07) is 18.0. The molecule has 2 unspecified atom stereocenters. The van der Waals surface area contributed by atoms with Gasteiger partial charge < -0.3 is 10.6 Å². The summed E-state index contributed by atoms with van der Waals surface area (Å²) >= 11 is 0. The molecule has 5 nitrogen and oxygen atoms in total. The lowest BCUT2D eigenvalue weighted by Crippen LogP contribution is -2.28. The van der Waals surface area contributed by atoms with Gasteiger partial charge >= 0.3 is 0 Å². The smallest absolute Gasteiger partial charge is 0.229 e. The number of carbonyl (C=O) groups excluding carboxylic acids is 1. The van der Waals surface area contributed by atoms with Crippen LogP contribution < -0.4 is 10.6 Å². The standard InChI is InChI=1S/C21H20N4O.CH4/c26-21(20-13-22-12-19(20)15-5-2-1-3-6-15)25-18-8-4-7-16(9-18)17-10-23-14-24-11-17;/h1-11,14,19-20,22H,12-13H2,(H,25,26);1H4. The zero-order valence-electron chi connectivity index (χ0n) is 14.3. The van der Waals surface area contributed by atoms with Crippen molar-refractivity contribution in [3.63, 3.8) is 0 Å². The Morgan fingerprint density at radius 3 is 2.52 bits per heavy atom. The molecule has 2 aromatic carbocycles. The molecule has 1 aliphatic heterocycles. The van der Waals surface area contributed by atoms with Crippen LogP contribution in [-0.4, -0.2) is 29.0 Å². The zero-order valence-corrected chi connectivity index (χ0v) is 14.3. The Morgan fingerprint density at radius 2 is 1.74 bits per heavy atom. The summed E-state index contributed by atoms with van der Waals surface area (Å²) < 4.78 is 0. The van der Waals surface area contributed by atoms with Crippen molar-refractivity contribution in [2.75, 3.05) is 18.4 Å². The van der Waals surface area contributed by atoms with E-state index < -0.39 is 0 Å². The van der Waals surface area contributed by atoms with E-state index in [0.29, 0.717) is 6.54 Å². The number of anilines is 1. The Morgan fingerprint density at radius 1 is 0.963 bits per heavy atom. The van der Waals surface area contributed by atoms with Gasteiger partial charge in [-0.05, 0) is 23.3 Å². The van der Waals surface area contributed by atoms with E-state index in [2.05, 4.69) is 32.7 Å². The van der Waals surface area contributed by atoms with E-state index in [4.69, 9.17) is 0 Å². The van der Waals surface area contributed by atoms with Crippen LogP contribution in [0.1, 0.15) is 18.9 Å². The molecule has 27 heavy (non-hydrogen) atoms. The molecule has 2 atom stereocenters. The van der Waals surface area contributed by atoms with Crippen molar-refractivity contribution in [2.24, 2.45) is 5.92 Å². The fourth-order valence-electron chi connectivity index (χ4n) is 3.46. The fraction of sp³-hybridized carbons (Fsp3) is 0.227. The third kappa shape index (κ3) is 4.20. The minimum absolute atomic E-state index is 0. The molecule has 4 rings (SSSR count). The molecule has 1 aliphatic rings. The first-order valence-corrected chi connectivity index (χ1v) is 8.73. The summed E-state index contributed by atoms with van der Waals surface area (Å²) in [6.45, 7) is 1.51. The number of nitrogens with one attached hydrogen (secondary N) is 2. The van der Waals surface area contributed by atoms with Crippen LogP contribution in [0.5, 0.6) is 0 Å². The van der Waals surface area contributed by atoms with Crippen molar-refractivity contribution in [1.29, 1.82) is 0 Å². The quantitative estimate of drug-likeness (QED) is 0.744. The van der Waals surface area contributed by atoms with E-state index in [1.807, 2.05) is 42.5 Å². The monoisotopic (exact) mass is 360 g/mol. The van der Waals surface area contributed by atoms with Crippen LogP contribution in [0.4, 0.5) is 5.69 Å². The Hall–Kier alpha value is -3.05. The molecule has 138 valence electrons. The lowest BCUT2D eigenvalue weighted by atomic mass is 9.88. The van der Waals surface area contributed by atoms with Crippen LogP contribution in [0.25, 0.3) is 11.1 Å². The number of carbonyl (C=O) groups is 1. The first-order valence-electron chi connectivity index (χ1n) is 8.73. The maximum atomic E-state index is 12.9. The lowest BCUT2D eigenvalue weighted by Gasteiger charge is -2.19. The van der Waals surface area contributed by atoms with Crippen LogP contribution in [0, 0.1) is 5.92 Å². The minimum atomic E-state index is -0.0823. The van der Waals surface area contributed by atoms with E-state index >= 15 is 0 Å². The van der Waals surface area contributed by atoms with Gasteiger partial charge in [-0.3, -0.25) is 4.79 Å². The second-order valence-corrected chi connectivity index (χ2v) is 6.48. The minimum Gasteiger partial charge on any atom is -0.326 e. The third-order valence-corrected chi connectivity index (χ3v) is 4.80. The highest BCUT2D eigenvalue weighted by Gasteiger charge is 2.33. The molecule has 2 N–H and O–H groups in total. The van der Waals surface area contributed by atoms with Crippen LogP contribution in [0.2, 0.25) is 0 Å². The van der Waals surface area contributed by atoms with Crippen molar-refractivity contribution in [2.45, 2.75) is 13.3 Å². The van der Waals surface area contributed by atoms with Crippen LogP contribution in [0.3, 0.4) is 0 Å². The molecule has 3 aromatic rings. The summed E-state index contributed by atoms with van der Waals surface area (Å²) in [7, 11) is 0. The summed E-state index contributed by atoms with van der Waals surface area (Å²) in [5.41, 5.74) is 3.89. The van der Waals surface area contributed by atoms with Gasteiger partial charge in [0.05, 0.1) is 5.92 Å². The Kier molecular flexibility index (Phi) is 5.94. The second-order valence-electron chi connectivity index (χ2n) is 6.48. The maximum absolute atomic E-state index is 12.9. The third-order valence-electron chi connectivity index (χ3n) is 4.80. The van der Waals surface area contributed by atoms with Crippen molar-refractivity contribution >= 4 is 11.6 Å². The van der Waals surface area contributed by atoms with Crippen LogP contribution >= 0.6 is 0 Å². The first kappa shape index (κ1) is 18.7. The summed E-state index contributed by atoms with van der Waals surface area (Å²) in [5.74, 6) is 0.160. The molecular formula is C22H24N4O. The average molecular weight is 360 g/mol. The number of aromatic nitrogens is 2. The molecule has 0 radical (unpaired) electrons. The molecule has 0 aliphatic carbocycles. The van der Waals surface area contributed by atoms with E-state index in [9.17, 15) is 4.79 Å². The van der Waals surface area contributed by atoms with E-state index in [0.717, 1.165) is 23.4 Å². The van der Waals surface area contributed by atoms with Gasteiger partial charge in [-0.2, -0.15) is 0 Å². The average Bonchev–Trinajstić information content (AvgIpc) is 3.20. The predicted molar refractivity (Wildman–Crippen MR) is 108 cm³/mol. The normalized spacial score (nSPS) is 18.5. The Balaban J connectivity index is 0.00000210. The number of nitrogens with zero attached hydrogens (tertiary/aromatic N) is 2. The Bertz CT molecular complexity index is 883. The largest absolute Gasteiger partial charge is 0.326 e. The van der Waals surface area contributed by atoms with Gasteiger partial charge in [0, 0.05) is 42.7 Å². The maximum Gasteiger partial charge on any atom is 0.229 e. The van der Waals surface area contributed by atoms with Gasteiger partial charge in [0.1, 0.15) is 6.33 Å². The molecule has 0 spiro atoms. The predicted octanol–water partition coefficient (Wildman–Crippen LogP) is 3.72. The summed E-state index contributed by atoms with van der Waals surface area (Å²) in [6.07, 6.45) is 5.03. The Labute approximate surface area is 159 Å².